The zero-order valence-corrected chi connectivity index (χ0v) is 10.4. The summed E-state index contributed by atoms with van der Waals surface area (Å²) in [5.74, 6) is -0.877. The molecule has 0 bridgehead atoms. The second-order valence-corrected chi connectivity index (χ2v) is 5.58. The molecule has 0 aromatic carbocycles. The van der Waals surface area contributed by atoms with Crippen LogP contribution in [0.1, 0.15) is 17.7 Å². The minimum absolute atomic E-state index is 0.204. The molecule has 2 heterocycles. The Morgan fingerprint density at radius 1 is 1.69 bits per heavy atom. The van der Waals surface area contributed by atoms with E-state index in [0.29, 0.717) is 6.54 Å². The van der Waals surface area contributed by atoms with Crippen molar-refractivity contribution in [2.75, 3.05) is 13.1 Å². The van der Waals surface area contributed by atoms with Gasteiger partial charge in [-0.15, -0.1) is 11.3 Å². The second-order valence-electron chi connectivity index (χ2n) is 4.14. The third kappa shape index (κ3) is 2.97. The molecule has 88 valence electrons. The van der Waals surface area contributed by atoms with E-state index in [1.807, 2.05) is 11.4 Å². The van der Waals surface area contributed by atoms with Gasteiger partial charge in [0, 0.05) is 23.3 Å². The van der Waals surface area contributed by atoms with Crippen LogP contribution in [-0.2, 0) is 11.3 Å². The van der Waals surface area contributed by atoms with E-state index < -0.39 is 5.97 Å². The molecule has 1 saturated heterocycles. The molecule has 1 aliphatic rings. The van der Waals surface area contributed by atoms with Crippen LogP contribution in [0.5, 0.6) is 0 Å². The van der Waals surface area contributed by atoms with Gasteiger partial charge in [-0.25, -0.2) is 0 Å². The van der Waals surface area contributed by atoms with E-state index in [9.17, 15) is 4.79 Å². The minimum Gasteiger partial charge on any atom is -0.481 e. The van der Waals surface area contributed by atoms with Crippen molar-refractivity contribution in [3.05, 3.63) is 21.3 Å². The molecule has 1 aromatic heterocycles. The summed E-state index contributed by atoms with van der Waals surface area (Å²) >= 11 is 7.49. The Labute approximate surface area is 104 Å². The predicted molar refractivity (Wildman–Crippen MR) is 65.0 cm³/mol. The fraction of sp³-hybridized carbons (Fsp3) is 0.545. The van der Waals surface area contributed by atoms with Gasteiger partial charge in [-0.1, -0.05) is 11.6 Å². The van der Waals surface area contributed by atoms with Crippen LogP contribution in [0, 0.1) is 5.92 Å². The van der Waals surface area contributed by atoms with Crippen molar-refractivity contribution in [2.24, 2.45) is 5.92 Å². The van der Waals surface area contributed by atoms with Gasteiger partial charge in [0.15, 0.2) is 0 Å². The first-order valence-electron chi connectivity index (χ1n) is 5.33. The van der Waals surface area contributed by atoms with Crippen LogP contribution in [0.15, 0.2) is 11.4 Å². The lowest BCUT2D eigenvalue weighted by atomic mass is 9.98. The smallest absolute Gasteiger partial charge is 0.307 e. The number of nitrogens with zero attached hydrogens (tertiary/aromatic N) is 1. The van der Waals surface area contributed by atoms with Crippen LogP contribution < -0.4 is 0 Å². The summed E-state index contributed by atoms with van der Waals surface area (Å²) in [6, 6.07) is 1.95. The molecule has 2 rings (SSSR count). The van der Waals surface area contributed by atoms with Crippen molar-refractivity contribution in [1.82, 2.24) is 4.90 Å². The summed E-state index contributed by atoms with van der Waals surface area (Å²) in [5, 5.41) is 11.7. The Balaban J connectivity index is 1.92. The normalized spacial score (nSPS) is 22.2. The number of aliphatic carboxylic acids is 1. The monoisotopic (exact) mass is 259 g/mol. The van der Waals surface area contributed by atoms with Crippen LogP contribution in [0.3, 0.4) is 0 Å². The number of carboxylic acids is 1. The van der Waals surface area contributed by atoms with Gasteiger partial charge in [0.1, 0.15) is 0 Å². The number of rotatable bonds is 3. The number of carbonyl (C=O) groups is 1. The minimum atomic E-state index is -0.672. The Bertz CT molecular complexity index is 380. The quantitative estimate of drug-likeness (QED) is 0.907. The van der Waals surface area contributed by atoms with Gasteiger partial charge in [-0.3, -0.25) is 9.69 Å². The maximum atomic E-state index is 10.9. The van der Waals surface area contributed by atoms with Crippen LogP contribution in [0.2, 0.25) is 5.02 Å². The second kappa shape index (κ2) is 5.17. The summed E-state index contributed by atoms with van der Waals surface area (Å²) in [7, 11) is 0. The summed E-state index contributed by atoms with van der Waals surface area (Å²) in [5.41, 5.74) is 0. The zero-order valence-electron chi connectivity index (χ0n) is 8.86. The molecular weight excluding hydrogens is 246 g/mol. The zero-order chi connectivity index (χ0) is 11.5. The first-order chi connectivity index (χ1) is 7.65. The Morgan fingerprint density at radius 2 is 2.50 bits per heavy atom. The number of likely N-dealkylation sites (tertiary alicyclic amines) is 1. The Kier molecular flexibility index (Phi) is 3.84. The van der Waals surface area contributed by atoms with Crippen molar-refractivity contribution in [2.45, 2.75) is 19.4 Å². The molecular formula is C11H14ClNO2S. The highest BCUT2D eigenvalue weighted by atomic mass is 35.5. The molecule has 0 radical (unpaired) electrons. The maximum Gasteiger partial charge on any atom is 0.307 e. The Morgan fingerprint density at radius 3 is 3.12 bits per heavy atom. The summed E-state index contributed by atoms with van der Waals surface area (Å²) in [6.45, 7) is 2.46. The highest BCUT2D eigenvalue weighted by Crippen LogP contribution is 2.23. The molecule has 16 heavy (non-hydrogen) atoms. The van der Waals surface area contributed by atoms with Gasteiger partial charge in [0.05, 0.1) is 10.9 Å². The van der Waals surface area contributed by atoms with Crippen LogP contribution in [0.25, 0.3) is 0 Å². The molecule has 5 heteroatoms. The Hall–Kier alpha value is -0.580. The third-order valence-corrected chi connectivity index (χ3v) is 4.13. The SMILES string of the molecule is O=C(O)C1CCCN(Cc2cc(Cl)cs2)C1. The van der Waals surface area contributed by atoms with Gasteiger partial charge in [0.2, 0.25) is 0 Å². The topological polar surface area (TPSA) is 40.5 Å². The molecule has 0 aliphatic carbocycles. The van der Waals surface area contributed by atoms with E-state index in [4.69, 9.17) is 16.7 Å². The molecule has 1 atom stereocenters. The lowest BCUT2D eigenvalue weighted by Gasteiger charge is -2.30. The average molecular weight is 260 g/mol. The third-order valence-electron chi connectivity index (χ3n) is 2.86. The molecule has 0 amide bonds. The number of carboxylic acid groups (broad SMARTS) is 1. The molecule has 0 saturated carbocycles. The number of hydrogen-bond acceptors (Lipinski definition) is 3. The fourth-order valence-corrected chi connectivity index (χ4v) is 3.17. The van der Waals surface area contributed by atoms with Gasteiger partial charge in [0.25, 0.3) is 0 Å². The molecule has 3 nitrogen and oxygen atoms in total. The van der Waals surface area contributed by atoms with Crippen LogP contribution in [-0.4, -0.2) is 29.1 Å². The highest BCUT2D eigenvalue weighted by molar-refractivity contribution is 7.10. The van der Waals surface area contributed by atoms with Crippen molar-refractivity contribution >= 4 is 28.9 Å². The highest BCUT2D eigenvalue weighted by Gasteiger charge is 2.25. The van der Waals surface area contributed by atoms with E-state index >= 15 is 0 Å². The van der Waals surface area contributed by atoms with Crippen molar-refractivity contribution < 1.29 is 9.90 Å². The van der Waals surface area contributed by atoms with E-state index in [2.05, 4.69) is 4.90 Å². The van der Waals surface area contributed by atoms with Crippen LogP contribution >= 0.6 is 22.9 Å². The first kappa shape index (κ1) is 11.9. The molecule has 1 aromatic rings. The summed E-state index contributed by atoms with van der Waals surface area (Å²) in [6.07, 6.45) is 1.77. The van der Waals surface area contributed by atoms with E-state index in [-0.39, 0.29) is 5.92 Å². The number of hydrogen-bond donors (Lipinski definition) is 1. The number of halogens is 1. The lowest BCUT2D eigenvalue weighted by molar-refractivity contribution is -0.143. The molecule has 1 N–H and O–H groups in total. The predicted octanol–water partition coefficient (Wildman–Crippen LogP) is 2.70. The summed E-state index contributed by atoms with van der Waals surface area (Å²) in [4.78, 5) is 14.3. The van der Waals surface area contributed by atoms with Gasteiger partial charge in [-0.2, -0.15) is 0 Å². The fourth-order valence-electron chi connectivity index (χ4n) is 2.06. The number of piperidine rings is 1. The first-order valence-corrected chi connectivity index (χ1v) is 6.59. The van der Waals surface area contributed by atoms with Gasteiger partial charge >= 0.3 is 5.97 Å². The van der Waals surface area contributed by atoms with Crippen molar-refractivity contribution in [1.29, 1.82) is 0 Å². The van der Waals surface area contributed by atoms with E-state index in [1.54, 1.807) is 11.3 Å². The van der Waals surface area contributed by atoms with Gasteiger partial charge in [-0.05, 0) is 25.5 Å². The van der Waals surface area contributed by atoms with Crippen LogP contribution in [0.4, 0.5) is 0 Å². The van der Waals surface area contributed by atoms with E-state index in [1.165, 1.54) is 4.88 Å². The molecule has 1 aliphatic heterocycles. The molecule has 0 spiro atoms. The maximum absolute atomic E-state index is 10.9. The van der Waals surface area contributed by atoms with Crippen molar-refractivity contribution in [3.63, 3.8) is 0 Å². The van der Waals surface area contributed by atoms with Crippen molar-refractivity contribution in [3.8, 4) is 0 Å². The number of thiophene rings is 1. The largest absolute Gasteiger partial charge is 0.481 e. The molecule has 1 unspecified atom stereocenters. The standard InChI is InChI=1S/C11H14ClNO2S/c12-9-4-10(16-7-9)6-13-3-1-2-8(5-13)11(14)15/h4,7-8H,1-3,5-6H2,(H,14,15). The molecule has 1 fully saturated rings. The average Bonchev–Trinajstić information content (AvgIpc) is 2.64. The van der Waals surface area contributed by atoms with E-state index in [0.717, 1.165) is 31.0 Å². The summed E-state index contributed by atoms with van der Waals surface area (Å²) < 4.78 is 0. The van der Waals surface area contributed by atoms with Gasteiger partial charge < -0.3 is 5.11 Å². The lowest BCUT2D eigenvalue weighted by Crippen LogP contribution is -2.37.